The molecule has 2 aromatic carbocycles. The molecule has 0 radical (unpaired) electrons. The van der Waals surface area contributed by atoms with Gasteiger partial charge in [-0.25, -0.2) is 0 Å². The minimum atomic E-state index is -0.856. The largest absolute Gasteiger partial charge is 0.486 e. The lowest BCUT2D eigenvalue weighted by Gasteiger charge is -2.25. The molecule has 2 aromatic rings. The Morgan fingerprint density at radius 1 is 0.846 bits per heavy atom. The molecule has 134 valence electrons. The summed E-state index contributed by atoms with van der Waals surface area (Å²) in [4.78, 5) is 24.4. The molecule has 26 heavy (non-hydrogen) atoms. The van der Waals surface area contributed by atoms with Crippen molar-refractivity contribution < 1.29 is 28.5 Å². The summed E-state index contributed by atoms with van der Waals surface area (Å²) in [6, 6.07) is 11.9. The number of hydrogen-bond donors (Lipinski definition) is 2. The fourth-order valence-electron chi connectivity index (χ4n) is 2.60. The highest BCUT2D eigenvalue weighted by Crippen LogP contribution is 2.31. The van der Waals surface area contributed by atoms with E-state index in [0.29, 0.717) is 41.8 Å². The molecule has 0 fully saturated rings. The van der Waals surface area contributed by atoms with Crippen LogP contribution in [-0.4, -0.2) is 37.7 Å². The van der Waals surface area contributed by atoms with Crippen LogP contribution in [0.2, 0.25) is 0 Å². The highest BCUT2D eigenvalue weighted by atomic mass is 16.6. The number of amides is 2. The average Bonchev–Trinajstić information content (AvgIpc) is 2.71. The van der Waals surface area contributed by atoms with Crippen molar-refractivity contribution in [3.63, 3.8) is 0 Å². The maximum Gasteiger partial charge on any atom is 0.283 e. The van der Waals surface area contributed by atoms with Crippen LogP contribution in [-0.2, 0) is 4.79 Å². The topological polar surface area (TPSA) is 95.1 Å². The van der Waals surface area contributed by atoms with Gasteiger partial charge in [0.2, 0.25) is 6.10 Å². The zero-order valence-corrected chi connectivity index (χ0v) is 13.7. The molecule has 8 heteroatoms. The molecule has 1 atom stereocenters. The Labute approximate surface area is 149 Å². The first-order valence-electron chi connectivity index (χ1n) is 8.09. The van der Waals surface area contributed by atoms with Crippen LogP contribution in [0.1, 0.15) is 10.4 Å². The van der Waals surface area contributed by atoms with E-state index in [1.807, 2.05) is 6.07 Å². The van der Waals surface area contributed by atoms with Gasteiger partial charge in [-0.15, -0.1) is 0 Å². The summed E-state index contributed by atoms with van der Waals surface area (Å²) in [5.41, 5.74) is 5.04. The lowest BCUT2D eigenvalue weighted by atomic mass is 10.2. The quantitative estimate of drug-likeness (QED) is 0.782. The standard InChI is InChI=1S/C18H16N2O6/c21-17(11-5-6-13-15(9-11)24-8-7-23-13)19-20-18(22)16-10-25-12-3-1-2-4-14(12)26-16/h1-6,9,16H,7-8,10H2,(H,19,21)(H,20,22)/t16-/m0/s1. The number of carbonyl (C=O) groups is 2. The number of hydrogen-bond acceptors (Lipinski definition) is 6. The number of rotatable bonds is 2. The molecule has 0 unspecified atom stereocenters. The van der Waals surface area contributed by atoms with Crippen molar-refractivity contribution in [1.82, 2.24) is 10.9 Å². The van der Waals surface area contributed by atoms with Crippen LogP contribution < -0.4 is 29.8 Å². The van der Waals surface area contributed by atoms with Gasteiger partial charge in [-0.05, 0) is 30.3 Å². The van der Waals surface area contributed by atoms with Crippen LogP contribution in [0.15, 0.2) is 42.5 Å². The molecule has 2 amide bonds. The van der Waals surface area contributed by atoms with E-state index in [1.165, 1.54) is 0 Å². The second-order valence-electron chi connectivity index (χ2n) is 5.67. The zero-order valence-electron chi connectivity index (χ0n) is 13.7. The van der Waals surface area contributed by atoms with Crippen molar-refractivity contribution >= 4 is 11.8 Å². The predicted molar refractivity (Wildman–Crippen MR) is 89.4 cm³/mol. The van der Waals surface area contributed by atoms with E-state index in [9.17, 15) is 9.59 Å². The summed E-state index contributed by atoms with van der Waals surface area (Å²) in [6.07, 6.45) is -0.856. The smallest absolute Gasteiger partial charge is 0.283 e. The summed E-state index contributed by atoms with van der Waals surface area (Å²) < 4.78 is 21.9. The first kappa shape index (κ1) is 16.1. The molecule has 2 aliphatic heterocycles. The molecule has 8 nitrogen and oxygen atoms in total. The van der Waals surface area contributed by atoms with E-state index in [2.05, 4.69) is 10.9 Å². The molecule has 0 bridgehead atoms. The van der Waals surface area contributed by atoms with Crippen LogP contribution in [0.25, 0.3) is 0 Å². The Hall–Kier alpha value is -3.42. The number of nitrogens with one attached hydrogen (secondary N) is 2. The highest BCUT2D eigenvalue weighted by molar-refractivity contribution is 5.96. The number of carbonyl (C=O) groups excluding carboxylic acids is 2. The van der Waals surface area contributed by atoms with Crippen molar-refractivity contribution in [2.75, 3.05) is 19.8 Å². The predicted octanol–water partition coefficient (Wildman–Crippen LogP) is 1.06. The molecule has 2 aliphatic rings. The molecule has 2 N–H and O–H groups in total. The van der Waals surface area contributed by atoms with Gasteiger partial charge in [-0.1, -0.05) is 12.1 Å². The molecule has 0 saturated heterocycles. The van der Waals surface area contributed by atoms with E-state index < -0.39 is 17.9 Å². The Kier molecular flexibility index (Phi) is 4.22. The molecule has 2 heterocycles. The second-order valence-corrected chi connectivity index (χ2v) is 5.67. The van der Waals surface area contributed by atoms with Gasteiger partial charge in [-0.2, -0.15) is 0 Å². The van der Waals surface area contributed by atoms with Gasteiger partial charge in [0, 0.05) is 5.56 Å². The van der Waals surface area contributed by atoms with Crippen LogP contribution in [0.4, 0.5) is 0 Å². The fourth-order valence-corrected chi connectivity index (χ4v) is 2.60. The molecule has 0 spiro atoms. The Balaban J connectivity index is 1.35. The van der Waals surface area contributed by atoms with Crippen LogP contribution in [0.3, 0.4) is 0 Å². The number of para-hydroxylation sites is 2. The van der Waals surface area contributed by atoms with Crippen LogP contribution >= 0.6 is 0 Å². The Bertz CT molecular complexity index is 853. The van der Waals surface area contributed by atoms with Crippen LogP contribution in [0, 0.1) is 0 Å². The molecule has 0 aliphatic carbocycles. The van der Waals surface area contributed by atoms with E-state index in [4.69, 9.17) is 18.9 Å². The number of fused-ring (bicyclic) bond motifs is 2. The summed E-state index contributed by atoms with van der Waals surface area (Å²) in [5, 5.41) is 0. The SMILES string of the molecule is O=C(NNC(=O)[C@@H]1COc2ccccc2O1)c1ccc2c(c1)OCCO2. The molecule has 4 rings (SSSR count). The van der Waals surface area contributed by atoms with E-state index in [0.717, 1.165) is 0 Å². The second kappa shape index (κ2) is 6.83. The van der Waals surface area contributed by atoms with Crippen molar-refractivity contribution in [2.24, 2.45) is 0 Å². The third-order valence-corrected chi connectivity index (χ3v) is 3.90. The Morgan fingerprint density at radius 3 is 2.42 bits per heavy atom. The van der Waals surface area contributed by atoms with Gasteiger partial charge in [0.1, 0.15) is 19.8 Å². The molecule has 0 saturated carbocycles. The minimum Gasteiger partial charge on any atom is -0.486 e. The summed E-state index contributed by atoms with van der Waals surface area (Å²) in [6.45, 7) is 0.958. The number of hydrazine groups is 1. The third-order valence-electron chi connectivity index (χ3n) is 3.90. The molecule has 0 aromatic heterocycles. The van der Waals surface area contributed by atoms with Gasteiger partial charge in [-0.3, -0.25) is 20.4 Å². The fraction of sp³-hybridized carbons (Fsp3) is 0.222. The monoisotopic (exact) mass is 356 g/mol. The maximum absolute atomic E-state index is 12.2. The third kappa shape index (κ3) is 3.21. The van der Waals surface area contributed by atoms with Gasteiger partial charge >= 0.3 is 0 Å². The van der Waals surface area contributed by atoms with Crippen molar-refractivity contribution in [3.8, 4) is 23.0 Å². The summed E-state index contributed by atoms with van der Waals surface area (Å²) >= 11 is 0. The Morgan fingerprint density at radius 2 is 1.58 bits per heavy atom. The van der Waals surface area contributed by atoms with Crippen molar-refractivity contribution in [2.45, 2.75) is 6.10 Å². The number of benzene rings is 2. The van der Waals surface area contributed by atoms with Crippen molar-refractivity contribution in [1.29, 1.82) is 0 Å². The first-order chi connectivity index (χ1) is 12.7. The maximum atomic E-state index is 12.2. The molecular weight excluding hydrogens is 340 g/mol. The van der Waals surface area contributed by atoms with Gasteiger partial charge in [0.15, 0.2) is 23.0 Å². The summed E-state index contributed by atoms with van der Waals surface area (Å²) in [5.74, 6) is 1.16. The van der Waals surface area contributed by atoms with Gasteiger partial charge in [0.25, 0.3) is 11.8 Å². The molecular formula is C18H16N2O6. The minimum absolute atomic E-state index is 0.0583. The van der Waals surface area contributed by atoms with Crippen molar-refractivity contribution in [3.05, 3.63) is 48.0 Å². The number of ether oxygens (including phenoxy) is 4. The lowest BCUT2D eigenvalue weighted by molar-refractivity contribution is -0.131. The van der Waals surface area contributed by atoms with Crippen LogP contribution in [0.5, 0.6) is 23.0 Å². The first-order valence-corrected chi connectivity index (χ1v) is 8.09. The highest BCUT2D eigenvalue weighted by Gasteiger charge is 2.27. The lowest BCUT2D eigenvalue weighted by Crippen LogP contribution is -2.50. The van der Waals surface area contributed by atoms with E-state index in [-0.39, 0.29) is 6.61 Å². The van der Waals surface area contributed by atoms with E-state index >= 15 is 0 Å². The normalized spacial score (nSPS) is 17.2. The average molecular weight is 356 g/mol. The van der Waals surface area contributed by atoms with Gasteiger partial charge in [0.05, 0.1) is 0 Å². The zero-order chi connectivity index (χ0) is 17.9. The summed E-state index contributed by atoms with van der Waals surface area (Å²) in [7, 11) is 0. The van der Waals surface area contributed by atoms with Gasteiger partial charge < -0.3 is 18.9 Å². The van der Waals surface area contributed by atoms with E-state index in [1.54, 1.807) is 36.4 Å².